The Morgan fingerprint density at radius 2 is 0.667 bits per heavy atom. The fraction of sp³-hybridized carbons (Fsp3) is 1.00. The molecule has 0 radical (unpaired) electrons. The highest BCUT2D eigenvalue weighted by Crippen LogP contribution is 2.38. The first-order valence-electron chi connectivity index (χ1n) is 11.7. The van der Waals surface area contributed by atoms with E-state index in [-0.39, 0.29) is 0 Å². The average molecular weight is 339 g/mol. The quantitative estimate of drug-likeness (QED) is 0.206. The van der Waals surface area contributed by atoms with E-state index in [0.29, 0.717) is 5.41 Å². The van der Waals surface area contributed by atoms with Crippen LogP contribution >= 0.6 is 0 Å². The van der Waals surface area contributed by atoms with E-state index in [1.165, 1.54) is 122 Å². The van der Waals surface area contributed by atoms with Gasteiger partial charge in [-0.25, -0.2) is 0 Å². The van der Waals surface area contributed by atoms with Crippen molar-refractivity contribution in [3.63, 3.8) is 0 Å². The number of unbranched alkanes of at least 4 members (excludes halogenated alkanes) is 13. The Hall–Kier alpha value is 0. The molecule has 0 spiro atoms. The van der Waals surface area contributed by atoms with Crippen molar-refractivity contribution in [2.24, 2.45) is 5.41 Å². The molecule has 0 aliphatic rings. The molecule has 0 heteroatoms. The van der Waals surface area contributed by atoms with Crippen LogP contribution in [0, 0.1) is 5.41 Å². The molecule has 0 aromatic heterocycles. The highest BCUT2D eigenvalue weighted by molar-refractivity contribution is 4.76. The van der Waals surface area contributed by atoms with Crippen LogP contribution in [-0.4, -0.2) is 0 Å². The zero-order valence-electron chi connectivity index (χ0n) is 17.9. The third-order valence-corrected chi connectivity index (χ3v) is 6.37. The van der Waals surface area contributed by atoms with Gasteiger partial charge in [0, 0.05) is 0 Å². The SMILES string of the molecule is CCCCCCCCCCCCCC(CC)(CC)CCCCCC. The summed E-state index contributed by atoms with van der Waals surface area (Å²) in [6.07, 6.45) is 27.6. The molecule has 0 fully saturated rings. The van der Waals surface area contributed by atoms with Crippen molar-refractivity contribution in [1.29, 1.82) is 0 Å². The molecule has 0 rings (SSSR count). The standard InChI is InChI=1S/C24H50/c1-5-9-11-13-14-15-16-17-18-19-21-23-24(7-3,8-4)22-20-12-10-6-2/h5-23H2,1-4H3. The molecule has 0 unspecified atom stereocenters. The van der Waals surface area contributed by atoms with Crippen LogP contribution in [0.4, 0.5) is 0 Å². The van der Waals surface area contributed by atoms with E-state index in [2.05, 4.69) is 27.7 Å². The summed E-state index contributed by atoms with van der Waals surface area (Å²) in [4.78, 5) is 0. The van der Waals surface area contributed by atoms with Gasteiger partial charge in [-0.1, -0.05) is 137 Å². The van der Waals surface area contributed by atoms with Crippen LogP contribution in [0.3, 0.4) is 0 Å². The third kappa shape index (κ3) is 13.3. The third-order valence-electron chi connectivity index (χ3n) is 6.37. The summed E-state index contributed by atoms with van der Waals surface area (Å²) in [5, 5.41) is 0. The lowest BCUT2D eigenvalue weighted by molar-refractivity contribution is 0.202. The number of hydrogen-bond donors (Lipinski definition) is 0. The first kappa shape index (κ1) is 24.0. The van der Waals surface area contributed by atoms with Crippen LogP contribution in [0.25, 0.3) is 0 Å². The van der Waals surface area contributed by atoms with Gasteiger partial charge in [-0.15, -0.1) is 0 Å². The van der Waals surface area contributed by atoms with Crippen molar-refractivity contribution in [2.45, 2.75) is 150 Å². The second-order valence-electron chi connectivity index (χ2n) is 8.30. The molecule has 0 aliphatic heterocycles. The fourth-order valence-electron chi connectivity index (χ4n) is 4.17. The van der Waals surface area contributed by atoms with Gasteiger partial charge in [-0.2, -0.15) is 0 Å². The Labute approximate surface area is 155 Å². The maximum atomic E-state index is 2.43. The number of hydrogen-bond acceptors (Lipinski definition) is 0. The first-order valence-corrected chi connectivity index (χ1v) is 11.7. The predicted molar refractivity (Wildman–Crippen MR) is 113 cm³/mol. The Kier molecular flexibility index (Phi) is 17.8. The van der Waals surface area contributed by atoms with Crippen molar-refractivity contribution >= 4 is 0 Å². The molecule has 0 bridgehead atoms. The average Bonchev–Trinajstić information content (AvgIpc) is 2.61. The summed E-state index contributed by atoms with van der Waals surface area (Å²) in [6, 6.07) is 0. The van der Waals surface area contributed by atoms with Crippen molar-refractivity contribution in [1.82, 2.24) is 0 Å². The van der Waals surface area contributed by atoms with Crippen LogP contribution in [0.2, 0.25) is 0 Å². The van der Waals surface area contributed by atoms with E-state index in [1.807, 2.05) is 0 Å². The van der Waals surface area contributed by atoms with E-state index < -0.39 is 0 Å². The molecule has 0 aliphatic carbocycles. The Morgan fingerprint density at radius 3 is 1.00 bits per heavy atom. The van der Waals surface area contributed by atoms with Gasteiger partial charge in [0.1, 0.15) is 0 Å². The topological polar surface area (TPSA) is 0 Å². The second-order valence-corrected chi connectivity index (χ2v) is 8.30. The van der Waals surface area contributed by atoms with E-state index >= 15 is 0 Å². The minimum Gasteiger partial charge on any atom is -0.0654 e. The summed E-state index contributed by atoms with van der Waals surface area (Å²) in [5.74, 6) is 0. The van der Waals surface area contributed by atoms with Gasteiger partial charge in [0.15, 0.2) is 0 Å². The lowest BCUT2D eigenvalue weighted by atomic mass is 9.74. The molecule has 0 nitrogen and oxygen atoms in total. The molecule has 0 atom stereocenters. The van der Waals surface area contributed by atoms with Gasteiger partial charge >= 0.3 is 0 Å². The van der Waals surface area contributed by atoms with Crippen LogP contribution in [-0.2, 0) is 0 Å². The smallest absolute Gasteiger partial charge is 0.0303 e. The summed E-state index contributed by atoms with van der Waals surface area (Å²) in [7, 11) is 0. The van der Waals surface area contributed by atoms with Gasteiger partial charge in [-0.3, -0.25) is 0 Å². The predicted octanol–water partition coefficient (Wildman–Crippen LogP) is 9.46. The van der Waals surface area contributed by atoms with Crippen molar-refractivity contribution in [3.05, 3.63) is 0 Å². The van der Waals surface area contributed by atoms with Gasteiger partial charge in [0.25, 0.3) is 0 Å². The maximum Gasteiger partial charge on any atom is -0.0303 e. The van der Waals surface area contributed by atoms with Crippen LogP contribution < -0.4 is 0 Å². The van der Waals surface area contributed by atoms with Gasteiger partial charge < -0.3 is 0 Å². The summed E-state index contributed by atoms with van der Waals surface area (Å²) < 4.78 is 0. The van der Waals surface area contributed by atoms with E-state index in [9.17, 15) is 0 Å². The molecule has 146 valence electrons. The molecular weight excluding hydrogens is 288 g/mol. The molecule has 24 heavy (non-hydrogen) atoms. The van der Waals surface area contributed by atoms with Crippen LogP contribution in [0.5, 0.6) is 0 Å². The van der Waals surface area contributed by atoms with E-state index in [4.69, 9.17) is 0 Å². The first-order chi connectivity index (χ1) is 11.7. The minimum atomic E-state index is 0.674. The van der Waals surface area contributed by atoms with Crippen molar-refractivity contribution < 1.29 is 0 Å². The molecule has 0 amide bonds. The molecule has 0 aromatic rings. The van der Waals surface area contributed by atoms with Gasteiger partial charge in [0.2, 0.25) is 0 Å². The molecule has 0 aromatic carbocycles. The molecule has 0 saturated heterocycles. The monoisotopic (exact) mass is 338 g/mol. The van der Waals surface area contributed by atoms with E-state index in [0.717, 1.165) is 0 Å². The second kappa shape index (κ2) is 17.8. The summed E-state index contributed by atoms with van der Waals surface area (Å²) >= 11 is 0. The highest BCUT2D eigenvalue weighted by atomic mass is 14.3. The lowest BCUT2D eigenvalue weighted by Crippen LogP contribution is -2.18. The molecule has 0 heterocycles. The van der Waals surface area contributed by atoms with Gasteiger partial charge in [0.05, 0.1) is 0 Å². The molecule has 0 N–H and O–H groups in total. The summed E-state index contributed by atoms with van der Waals surface area (Å²) in [5.41, 5.74) is 0.674. The Balaban J connectivity index is 3.59. The van der Waals surface area contributed by atoms with Gasteiger partial charge in [-0.05, 0) is 18.3 Å². The maximum absolute atomic E-state index is 2.43. The summed E-state index contributed by atoms with van der Waals surface area (Å²) in [6.45, 7) is 9.48. The minimum absolute atomic E-state index is 0.674. The lowest BCUT2D eigenvalue weighted by Gasteiger charge is -2.32. The number of rotatable bonds is 19. The van der Waals surface area contributed by atoms with Crippen LogP contribution in [0.15, 0.2) is 0 Å². The van der Waals surface area contributed by atoms with Crippen molar-refractivity contribution in [2.75, 3.05) is 0 Å². The Morgan fingerprint density at radius 1 is 0.375 bits per heavy atom. The normalized spacial score (nSPS) is 12.0. The Bertz CT molecular complexity index is 226. The van der Waals surface area contributed by atoms with Crippen LogP contribution in [0.1, 0.15) is 150 Å². The van der Waals surface area contributed by atoms with Crippen molar-refractivity contribution in [3.8, 4) is 0 Å². The fourth-order valence-corrected chi connectivity index (χ4v) is 4.17. The zero-order chi connectivity index (χ0) is 17.9. The molecule has 0 saturated carbocycles. The largest absolute Gasteiger partial charge is 0.0654 e. The highest BCUT2D eigenvalue weighted by Gasteiger charge is 2.24. The molecular formula is C24H50. The zero-order valence-corrected chi connectivity index (χ0v) is 17.9. The van der Waals surface area contributed by atoms with E-state index in [1.54, 1.807) is 0 Å².